The Labute approximate surface area is 118 Å². The standard InChI is InChI=1S/C15H31N3O/c1-7-13-15(19)18(14(8-2)16-13)12(9-11(3)4)10-17(5)6/h11-14,16H,7-10H2,1-6H3. The van der Waals surface area contributed by atoms with E-state index in [1.165, 1.54) is 0 Å². The van der Waals surface area contributed by atoms with Gasteiger partial charge in [0.1, 0.15) is 0 Å². The molecule has 1 N–H and O–H groups in total. The van der Waals surface area contributed by atoms with Gasteiger partial charge in [0.15, 0.2) is 0 Å². The summed E-state index contributed by atoms with van der Waals surface area (Å²) in [6.07, 6.45) is 3.13. The zero-order valence-corrected chi connectivity index (χ0v) is 13.4. The van der Waals surface area contributed by atoms with Gasteiger partial charge in [0, 0.05) is 12.6 Å². The van der Waals surface area contributed by atoms with E-state index in [0.29, 0.717) is 17.9 Å². The first-order valence-corrected chi connectivity index (χ1v) is 7.63. The molecule has 0 aromatic carbocycles. The molecule has 1 aliphatic heterocycles. The zero-order chi connectivity index (χ0) is 14.6. The van der Waals surface area contributed by atoms with Gasteiger partial charge >= 0.3 is 0 Å². The lowest BCUT2D eigenvalue weighted by Gasteiger charge is -2.35. The minimum absolute atomic E-state index is 0.0155. The van der Waals surface area contributed by atoms with E-state index in [-0.39, 0.29) is 12.2 Å². The van der Waals surface area contributed by atoms with Gasteiger partial charge < -0.3 is 9.80 Å². The summed E-state index contributed by atoms with van der Waals surface area (Å²) in [6.45, 7) is 9.63. The van der Waals surface area contributed by atoms with Crippen LogP contribution in [0.5, 0.6) is 0 Å². The molecule has 0 aromatic heterocycles. The molecule has 4 nitrogen and oxygen atoms in total. The van der Waals surface area contributed by atoms with Gasteiger partial charge in [-0.1, -0.05) is 27.7 Å². The summed E-state index contributed by atoms with van der Waals surface area (Å²) >= 11 is 0. The van der Waals surface area contributed by atoms with Crippen LogP contribution in [-0.2, 0) is 4.79 Å². The number of hydrogen-bond donors (Lipinski definition) is 1. The van der Waals surface area contributed by atoms with Gasteiger partial charge in [0.25, 0.3) is 0 Å². The SMILES string of the molecule is CCC1NC(CC)N(C(CC(C)C)CN(C)C)C1=O. The lowest BCUT2D eigenvalue weighted by molar-refractivity contribution is -0.133. The molecule has 4 heteroatoms. The number of nitrogens with zero attached hydrogens (tertiary/aromatic N) is 2. The lowest BCUT2D eigenvalue weighted by atomic mass is 10.0. The van der Waals surface area contributed by atoms with Gasteiger partial charge in [-0.3, -0.25) is 10.1 Å². The highest BCUT2D eigenvalue weighted by Crippen LogP contribution is 2.23. The Morgan fingerprint density at radius 2 is 1.89 bits per heavy atom. The largest absolute Gasteiger partial charge is 0.322 e. The number of carbonyl (C=O) groups excluding carboxylic acids is 1. The molecule has 1 fully saturated rings. The molecular formula is C15H31N3O. The Morgan fingerprint density at radius 1 is 1.26 bits per heavy atom. The molecule has 0 aliphatic carbocycles. The molecule has 1 amide bonds. The third-order valence-electron chi connectivity index (χ3n) is 3.79. The fourth-order valence-corrected chi connectivity index (χ4v) is 3.00. The van der Waals surface area contributed by atoms with Crippen LogP contribution in [-0.4, -0.2) is 54.6 Å². The van der Waals surface area contributed by atoms with Crippen LogP contribution < -0.4 is 5.32 Å². The van der Waals surface area contributed by atoms with Crippen LogP contribution >= 0.6 is 0 Å². The van der Waals surface area contributed by atoms with E-state index in [4.69, 9.17) is 0 Å². The van der Waals surface area contributed by atoms with Crippen LogP contribution in [0.1, 0.15) is 47.0 Å². The fourth-order valence-electron chi connectivity index (χ4n) is 3.00. The third kappa shape index (κ3) is 4.18. The van der Waals surface area contributed by atoms with Crippen molar-refractivity contribution in [2.75, 3.05) is 20.6 Å². The van der Waals surface area contributed by atoms with Crippen molar-refractivity contribution >= 4 is 5.91 Å². The highest BCUT2D eigenvalue weighted by atomic mass is 16.2. The third-order valence-corrected chi connectivity index (χ3v) is 3.79. The topological polar surface area (TPSA) is 35.6 Å². The highest BCUT2D eigenvalue weighted by Gasteiger charge is 2.40. The second kappa shape index (κ2) is 7.25. The monoisotopic (exact) mass is 269 g/mol. The molecule has 3 unspecified atom stereocenters. The van der Waals surface area contributed by atoms with Gasteiger partial charge in [0.05, 0.1) is 12.2 Å². The molecule has 19 heavy (non-hydrogen) atoms. The lowest BCUT2D eigenvalue weighted by Crippen LogP contribution is -2.49. The van der Waals surface area contributed by atoms with E-state index in [1.54, 1.807) is 0 Å². The van der Waals surface area contributed by atoms with E-state index in [0.717, 1.165) is 25.8 Å². The second-order valence-electron chi connectivity index (χ2n) is 6.34. The van der Waals surface area contributed by atoms with Crippen molar-refractivity contribution in [3.8, 4) is 0 Å². The average Bonchev–Trinajstić information content (AvgIpc) is 2.63. The van der Waals surface area contributed by atoms with Gasteiger partial charge in [-0.05, 0) is 39.3 Å². The summed E-state index contributed by atoms with van der Waals surface area (Å²) in [5, 5.41) is 3.47. The Morgan fingerprint density at radius 3 is 2.32 bits per heavy atom. The summed E-state index contributed by atoms with van der Waals surface area (Å²) in [4.78, 5) is 16.9. The zero-order valence-electron chi connectivity index (χ0n) is 13.4. The van der Waals surface area contributed by atoms with E-state index < -0.39 is 0 Å². The Bertz CT molecular complexity index is 281. The summed E-state index contributed by atoms with van der Waals surface area (Å²) in [6, 6.07) is 0.332. The van der Waals surface area contributed by atoms with E-state index in [1.807, 2.05) is 0 Å². The normalized spacial score (nSPS) is 25.7. The van der Waals surface area contributed by atoms with Gasteiger partial charge in [-0.2, -0.15) is 0 Å². The number of rotatable bonds is 7. The molecular weight excluding hydrogens is 238 g/mol. The van der Waals surface area contributed by atoms with Crippen LogP contribution in [0.4, 0.5) is 0 Å². The molecule has 1 aliphatic rings. The number of amides is 1. The van der Waals surface area contributed by atoms with Crippen LogP contribution in [0.2, 0.25) is 0 Å². The first kappa shape index (κ1) is 16.4. The molecule has 0 radical (unpaired) electrons. The molecule has 0 aromatic rings. The van der Waals surface area contributed by atoms with Crippen molar-refractivity contribution < 1.29 is 4.79 Å². The smallest absolute Gasteiger partial charge is 0.241 e. The predicted molar refractivity (Wildman–Crippen MR) is 79.9 cm³/mol. The number of hydrogen-bond acceptors (Lipinski definition) is 3. The van der Waals surface area contributed by atoms with Crippen LogP contribution in [0.3, 0.4) is 0 Å². The highest BCUT2D eigenvalue weighted by molar-refractivity contribution is 5.84. The Kier molecular flexibility index (Phi) is 6.27. The van der Waals surface area contributed by atoms with Crippen molar-refractivity contribution in [3.05, 3.63) is 0 Å². The van der Waals surface area contributed by atoms with Crippen LogP contribution in [0.15, 0.2) is 0 Å². The van der Waals surface area contributed by atoms with E-state index in [2.05, 4.69) is 56.9 Å². The minimum Gasteiger partial charge on any atom is -0.322 e. The average molecular weight is 269 g/mol. The second-order valence-corrected chi connectivity index (χ2v) is 6.34. The maximum Gasteiger partial charge on any atom is 0.241 e. The Balaban J connectivity index is 2.87. The van der Waals surface area contributed by atoms with Crippen molar-refractivity contribution in [1.82, 2.24) is 15.1 Å². The minimum atomic E-state index is 0.0155. The fraction of sp³-hybridized carbons (Fsp3) is 0.933. The molecule has 1 saturated heterocycles. The number of nitrogens with one attached hydrogen (secondary N) is 1. The molecule has 0 spiro atoms. The summed E-state index contributed by atoms with van der Waals surface area (Å²) < 4.78 is 0. The van der Waals surface area contributed by atoms with Crippen molar-refractivity contribution in [1.29, 1.82) is 0 Å². The molecule has 0 bridgehead atoms. The molecule has 1 heterocycles. The van der Waals surface area contributed by atoms with E-state index >= 15 is 0 Å². The summed E-state index contributed by atoms with van der Waals surface area (Å²) in [5.74, 6) is 0.901. The van der Waals surface area contributed by atoms with Gasteiger partial charge in [0.2, 0.25) is 5.91 Å². The quantitative estimate of drug-likeness (QED) is 0.767. The van der Waals surface area contributed by atoms with Crippen LogP contribution in [0.25, 0.3) is 0 Å². The van der Waals surface area contributed by atoms with E-state index in [9.17, 15) is 4.79 Å². The van der Waals surface area contributed by atoms with Gasteiger partial charge in [-0.25, -0.2) is 0 Å². The summed E-state index contributed by atoms with van der Waals surface area (Å²) in [7, 11) is 4.17. The molecule has 1 rings (SSSR count). The van der Waals surface area contributed by atoms with Crippen molar-refractivity contribution in [3.63, 3.8) is 0 Å². The molecule has 3 atom stereocenters. The Hall–Kier alpha value is -0.610. The van der Waals surface area contributed by atoms with Crippen LogP contribution in [0, 0.1) is 5.92 Å². The van der Waals surface area contributed by atoms with Crippen molar-refractivity contribution in [2.45, 2.75) is 65.2 Å². The summed E-state index contributed by atoms with van der Waals surface area (Å²) in [5.41, 5.74) is 0. The van der Waals surface area contributed by atoms with Gasteiger partial charge in [-0.15, -0.1) is 0 Å². The number of likely N-dealkylation sites (N-methyl/N-ethyl adjacent to an activating group) is 1. The first-order chi connectivity index (χ1) is 8.90. The molecule has 112 valence electrons. The maximum atomic E-state index is 12.6. The predicted octanol–water partition coefficient (Wildman–Crippen LogP) is 1.91. The molecule has 0 saturated carbocycles. The maximum absolute atomic E-state index is 12.6. The first-order valence-electron chi connectivity index (χ1n) is 7.63. The van der Waals surface area contributed by atoms with Crippen molar-refractivity contribution in [2.24, 2.45) is 5.92 Å². The number of carbonyl (C=O) groups is 1.